The van der Waals surface area contributed by atoms with E-state index in [0.29, 0.717) is 12.1 Å². The van der Waals surface area contributed by atoms with E-state index in [1.807, 2.05) is 0 Å². The summed E-state index contributed by atoms with van der Waals surface area (Å²) in [5, 5.41) is 0. The average Bonchev–Trinajstić information content (AvgIpc) is 3.16. The van der Waals surface area contributed by atoms with Gasteiger partial charge in [0, 0.05) is 25.6 Å². The second-order valence-electron chi connectivity index (χ2n) is 6.76. The molecule has 2 saturated heterocycles. The summed E-state index contributed by atoms with van der Waals surface area (Å²) in [6, 6.07) is 11.8. The number of hydrogen-bond donors (Lipinski definition) is 0. The number of carbonyl (C=O) groups is 1. The number of likely N-dealkylation sites (tertiary alicyclic amines) is 2. The van der Waals surface area contributed by atoms with Crippen molar-refractivity contribution < 1.29 is 4.79 Å². The quantitative estimate of drug-likeness (QED) is 0.834. The predicted molar refractivity (Wildman–Crippen MR) is 89.8 cm³/mol. The molecular formula is C19H28N2O. The fourth-order valence-corrected chi connectivity index (χ4v) is 4.28. The van der Waals surface area contributed by atoms with Gasteiger partial charge in [0.1, 0.15) is 0 Å². The maximum atomic E-state index is 11.8. The molecule has 0 radical (unpaired) electrons. The highest BCUT2D eigenvalue weighted by Crippen LogP contribution is 2.30. The third-order valence-corrected chi connectivity index (χ3v) is 5.32. The standard InChI is InChI=1S/C19H28N2O/c1-16(22)21-15-7-12-19(21)18-11-6-14-20(18)13-5-10-17-8-3-2-4-9-17/h2-4,8-9,18-19H,5-7,10-15H2,1H3. The van der Waals surface area contributed by atoms with Crippen molar-refractivity contribution in [2.45, 2.75) is 57.5 Å². The van der Waals surface area contributed by atoms with Crippen LogP contribution in [0.4, 0.5) is 0 Å². The summed E-state index contributed by atoms with van der Waals surface area (Å²) in [5.41, 5.74) is 1.43. The van der Waals surface area contributed by atoms with Crippen LogP contribution >= 0.6 is 0 Å². The van der Waals surface area contributed by atoms with Crippen LogP contribution < -0.4 is 0 Å². The monoisotopic (exact) mass is 300 g/mol. The van der Waals surface area contributed by atoms with Crippen LogP contribution in [-0.4, -0.2) is 47.4 Å². The number of carbonyl (C=O) groups excluding carboxylic acids is 1. The molecule has 1 aromatic carbocycles. The Bertz CT molecular complexity index is 487. The van der Waals surface area contributed by atoms with Crippen LogP contribution in [-0.2, 0) is 11.2 Å². The Morgan fingerprint density at radius 3 is 2.59 bits per heavy atom. The van der Waals surface area contributed by atoms with Crippen molar-refractivity contribution >= 4 is 5.91 Å². The summed E-state index contributed by atoms with van der Waals surface area (Å²) < 4.78 is 0. The molecule has 2 atom stereocenters. The summed E-state index contributed by atoms with van der Waals surface area (Å²) in [7, 11) is 0. The van der Waals surface area contributed by atoms with Gasteiger partial charge in [0.05, 0.1) is 0 Å². The van der Waals surface area contributed by atoms with E-state index in [4.69, 9.17) is 0 Å². The number of aryl methyl sites for hydroxylation is 1. The van der Waals surface area contributed by atoms with Crippen molar-refractivity contribution in [1.29, 1.82) is 0 Å². The molecule has 2 fully saturated rings. The van der Waals surface area contributed by atoms with Gasteiger partial charge in [0.2, 0.25) is 5.91 Å². The summed E-state index contributed by atoms with van der Waals surface area (Å²) in [6.07, 6.45) is 7.30. The minimum atomic E-state index is 0.263. The van der Waals surface area contributed by atoms with Crippen LogP contribution in [0.2, 0.25) is 0 Å². The lowest BCUT2D eigenvalue weighted by Crippen LogP contribution is -2.47. The van der Waals surface area contributed by atoms with Crippen molar-refractivity contribution in [3.63, 3.8) is 0 Å². The van der Waals surface area contributed by atoms with E-state index in [0.717, 1.165) is 13.0 Å². The van der Waals surface area contributed by atoms with Gasteiger partial charge in [-0.2, -0.15) is 0 Å². The van der Waals surface area contributed by atoms with Crippen molar-refractivity contribution in [2.75, 3.05) is 19.6 Å². The molecule has 2 aliphatic heterocycles. The Morgan fingerprint density at radius 2 is 1.82 bits per heavy atom. The molecule has 3 heteroatoms. The number of rotatable bonds is 5. The first-order chi connectivity index (χ1) is 10.8. The molecule has 2 unspecified atom stereocenters. The number of amides is 1. The third kappa shape index (κ3) is 3.52. The van der Waals surface area contributed by atoms with Crippen molar-refractivity contribution in [3.8, 4) is 0 Å². The summed E-state index contributed by atoms with van der Waals surface area (Å²) in [6.45, 7) is 5.07. The van der Waals surface area contributed by atoms with Crippen LogP contribution in [0.5, 0.6) is 0 Å². The fraction of sp³-hybridized carbons (Fsp3) is 0.632. The average molecular weight is 300 g/mol. The Balaban J connectivity index is 1.53. The number of nitrogens with zero attached hydrogens (tertiary/aromatic N) is 2. The minimum absolute atomic E-state index is 0.263. The molecule has 2 aliphatic rings. The molecule has 0 bridgehead atoms. The number of hydrogen-bond acceptors (Lipinski definition) is 2. The summed E-state index contributed by atoms with van der Waals surface area (Å²) in [4.78, 5) is 16.6. The zero-order valence-electron chi connectivity index (χ0n) is 13.7. The first-order valence-electron chi connectivity index (χ1n) is 8.81. The molecule has 3 rings (SSSR count). The van der Waals surface area contributed by atoms with E-state index in [1.54, 1.807) is 6.92 Å². The maximum Gasteiger partial charge on any atom is 0.219 e. The molecular weight excluding hydrogens is 272 g/mol. The SMILES string of the molecule is CC(=O)N1CCCC1C1CCCN1CCCc1ccccc1. The van der Waals surface area contributed by atoms with Crippen molar-refractivity contribution in [2.24, 2.45) is 0 Å². The summed E-state index contributed by atoms with van der Waals surface area (Å²) in [5.74, 6) is 0.263. The lowest BCUT2D eigenvalue weighted by atomic mass is 10.0. The van der Waals surface area contributed by atoms with E-state index in [9.17, 15) is 4.79 Å². The highest BCUT2D eigenvalue weighted by molar-refractivity contribution is 5.74. The van der Waals surface area contributed by atoms with Gasteiger partial charge < -0.3 is 4.90 Å². The highest BCUT2D eigenvalue weighted by Gasteiger charge is 2.38. The van der Waals surface area contributed by atoms with E-state index in [-0.39, 0.29) is 5.91 Å². The lowest BCUT2D eigenvalue weighted by Gasteiger charge is -2.34. The fourth-order valence-electron chi connectivity index (χ4n) is 4.28. The largest absolute Gasteiger partial charge is 0.338 e. The van der Waals surface area contributed by atoms with Gasteiger partial charge in [-0.05, 0) is 57.2 Å². The molecule has 0 aromatic heterocycles. The van der Waals surface area contributed by atoms with Crippen LogP contribution in [0, 0.1) is 0 Å². The van der Waals surface area contributed by atoms with Crippen LogP contribution in [0.3, 0.4) is 0 Å². The predicted octanol–water partition coefficient (Wildman–Crippen LogP) is 3.09. The summed E-state index contributed by atoms with van der Waals surface area (Å²) >= 11 is 0. The molecule has 0 aliphatic carbocycles. The molecule has 2 heterocycles. The normalized spacial score (nSPS) is 25.8. The third-order valence-electron chi connectivity index (χ3n) is 5.32. The number of benzene rings is 1. The molecule has 1 aromatic rings. The molecule has 1 amide bonds. The van der Waals surface area contributed by atoms with Gasteiger partial charge in [-0.1, -0.05) is 30.3 Å². The highest BCUT2D eigenvalue weighted by atomic mass is 16.2. The van der Waals surface area contributed by atoms with Gasteiger partial charge in [0.15, 0.2) is 0 Å². The second-order valence-corrected chi connectivity index (χ2v) is 6.76. The van der Waals surface area contributed by atoms with E-state index in [1.165, 1.54) is 50.8 Å². The molecule has 0 saturated carbocycles. The molecule has 0 N–H and O–H groups in total. The lowest BCUT2D eigenvalue weighted by molar-refractivity contribution is -0.130. The van der Waals surface area contributed by atoms with Crippen molar-refractivity contribution in [3.05, 3.63) is 35.9 Å². The molecule has 120 valence electrons. The maximum absolute atomic E-state index is 11.8. The van der Waals surface area contributed by atoms with Gasteiger partial charge >= 0.3 is 0 Å². The van der Waals surface area contributed by atoms with Gasteiger partial charge in [-0.15, -0.1) is 0 Å². The topological polar surface area (TPSA) is 23.6 Å². The first-order valence-corrected chi connectivity index (χ1v) is 8.81. The van der Waals surface area contributed by atoms with E-state index < -0.39 is 0 Å². The van der Waals surface area contributed by atoms with Gasteiger partial charge in [-0.3, -0.25) is 9.69 Å². The minimum Gasteiger partial charge on any atom is -0.338 e. The van der Waals surface area contributed by atoms with Gasteiger partial charge in [-0.25, -0.2) is 0 Å². The smallest absolute Gasteiger partial charge is 0.219 e. The van der Waals surface area contributed by atoms with Gasteiger partial charge in [0.25, 0.3) is 0 Å². The zero-order valence-corrected chi connectivity index (χ0v) is 13.7. The second kappa shape index (κ2) is 7.28. The van der Waals surface area contributed by atoms with Crippen molar-refractivity contribution in [1.82, 2.24) is 9.80 Å². The van der Waals surface area contributed by atoms with Crippen LogP contribution in [0.1, 0.15) is 44.6 Å². The molecule has 0 spiro atoms. The first kappa shape index (κ1) is 15.5. The Morgan fingerprint density at radius 1 is 1.09 bits per heavy atom. The van der Waals surface area contributed by atoms with Crippen LogP contribution in [0.15, 0.2) is 30.3 Å². The van der Waals surface area contributed by atoms with Crippen LogP contribution in [0.25, 0.3) is 0 Å². The Labute approximate surface area is 134 Å². The van der Waals surface area contributed by atoms with E-state index >= 15 is 0 Å². The zero-order chi connectivity index (χ0) is 15.4. The molecule has 22 heavy (non-hydrogen) atoms. The Kier molecular flexibility index (Phi) is 5.14. The molecule has 3 nitrogen and oxygen atoms in total. The Hall–Kier alpha value is -1.35. The van der Waals surface area contributed by atoms with E-state index in [2.05, 4.69) is 40.1 Å².